The van der Waals surface area contributed by atoms with Crippen molar-refractivity contribution in [3.63, 3.8) is 0 Å². The summed E-state index contributed by atoms with van der Waals surface area (Å²) in [4.78, 5) is 13.9. The number of alkyl halides is 3. The molecule has 2 rings (SSSR count). The van der Waals surface area contributed by atoms with Crippen LogP contribution >= 0.6 is 0 Å². The van der Waals surface area contributed by atoms with E-state index in [1.54, 1.807) is 22.8 Å². The predicted molar refractivity (Wildman–Crippen MR) is 66.0 cm³/mol. The average molecular weight is 272 g/mol. The van der Waals surface area contributed by atoms with Gasteiger partial charge >= 0.3 is 6.18 Å². The molecule has 1 heterocycles. The fraction of sp³-hybridized carbons (Fsp3) is 0.462. The monoisotopic (exact) mass is 272 g/mol. The molecule has 0 aromatic heterocycles. The summed E-state index contributed by atoms with van der Waals surface area (Å²) in [7, 11) is 0. The highest BCUT2D eigenvalue weighted by Crippen LogP contribution is 2.37. The zero-order valence-electron chi connectivity index (χ0n) is 10.6. The van der Waals surface area contributed by atoms with Gasteiger partial charge in [0.05, 0.1) is 5.56 Å². The first-order chi connectivity index (χ1) is 8.91. The first kappa shape index (κ1) is 13.7. The number of amides is 1. The number of anilines is 1. The maximum absolute atomic E-state index is 13.0. The second-order valence-corrected chi connectivity index (χ2v) is 4.65. The number of carbonyl (C=O) groups excluding carboxylic acids is 1. The van der Waals surface area contributed by atoms with Crippen LogP contribution < -0.4 is 4.90 Å². The minimum Gasteiger partial charge on any atom is -0.367 e. The van der Waals surface area contributed by atoms with Gasteiger partial charge in [-0.3, -0.25) is 4.79 Å². The summed E-state index contributed by atoms with van der Waals surface area (Å²) in [6.07, 6.45) is -3.62. The van der Waals surface area contributed by atoms with Crippen LogP contribution in [0.2, 0.25) is 0 Å². The highest BCUT2D eigenvalue weighted by molar-refractivity contribution is 5.57. The van der Waals surface area contributed by atoms with E-state index in [1.165, 1.54) is 12.1 Å². The molecule has 0 radical (unpaired) electrons. The number of aryl methyl sites for hydroxylation is 1. The fourth-order valence-corrected chi connectivity index (χ4v) is 2.22. The quantitative estimate of drug-likeness (QED) is 0.771. The molecule has 3 nitrogen and oxygen atoms in total. The van der Waals surface area contributed by atoms with Gasteiger partial charge in [-0.15, -0.1) is 0 Å². The van der Waals surface area contributed by atoms with Crippen molar-refractivity contribution >= 4 is 12.1 Å². The van der Waals surface area contributed by atoms with Crippen LogP contribution in [0, 0.1) is 6.92 Å². The van der Waals surface area contributed by atoms with Crippen LogP contribution in [0.1, 0.15) is 11.1 Å². The van der Waals surface area contributed by atoms with Gasteiger partial charge in [0.25, 0.3) is 0 Å². The number of hydrogen-bond acceptors (Lipinski definition) is 2. The first-order valence-electron chi connectivity index (χ1n) is 6.04. The van der Waals surface area contributed by atoms with Crippen LogP contribution in [0.25, 0.3) is 0 Å². The number of rotatable bonds is 2. The summed E-state index contributed by atoms with van der Waals surface area (Å²) in [6, 6.07) is 4.35. The fourth-order valence-electron chi connectivity index (χ4n) is 2.22. The van der Waals surface area contributed by atoms with Gasteiger partial charge in [0.15, 0.2) is 0 Å². The van der Waals surface area contributed by atoms with Gasteiger partial charge in [-0.25, -0.2) is 0 Å². The molecule has 0 bridgehead atoms. The van der Waals surface area contributed by atoms with Crippen LogP contribution in [-0.2, 0) is 11.0 Å². The van der Waals surface area contributed by atoms with E-state index < -0.39 is 11.7 Å². The van der Waals surface area contributed by atoms with Crippen molar-refractivity contribution in [3.05, 3.63) is 29.3 Å². The van der Waals surface area contributed by atoms with Crippen molar-refractivity contribution in [2.24, 2.45) is 0 Å². The number of benzene rings is 1. The van der Waals surface area contributed by atoms with E-state index in [4.69, 9.17) is 0 Å². The van der Waals surface area contributed by atoms with Crippen molar-refractivity contribution in [2.45, 2.75) is 13.1 Å². The molecule has 0 unspecified atom stereocenters. The Morgan fingerprint density at radius 1 is 1.16 bits per heavy atom. The van der Waals surface area contributed by atoms with E-state index in [-0.39, 0.29) is 5.69 Å². The standard InChI is InChI=1S/C13H15F3N2O/c1-10-2-3-12(11(8-10)13(14,15)16)18-6-4-17(9-19)5-7-18/h2-3,8-9H,4-7H2,1H3. The summed E-state index contributed by atoms with van der Waals surface area (Å²) in [5.74, 6) is 0. The summed E-state index contributed by atoms with van der Waals surface area (Å²) >= 11 is 0. The summed E-state index contributed by atoms with van der Waals surface area (Å²) < 4.78 is 39.1. The summed E-state index contributed by atoms with van der Waals surface area (Å²) in [5.41, 5.74) is 0.179. The van der Waals surface area contributed by atoms with E-state index in [2.05, 4.69) is 0 Å². The molecule has 19 heavy (non-hydrogen) atoms. The Labute approximate surface area is 109 Å². The Kier molecular flexibility index (Phi) is 3.68. The Bertz CT molecular complexity index is 465. The zero-order valence-corrected chi connectivity index (χ0v) is 10.6. The molecule has 0 saturated carbocycles. The molecule has 1 aromatic carbocycles. The average Bonchev–Trinajstić information content (AvgIpc) is 2.38. The predicted octanol–water partition coefficient (Wildman–Crippen LogP) is 2.29. The van der Waals surface area contributed by atoms with Gasteiger partial charge < -0.3 is 9.80 Å². The minimum absolute atomic E-state index is 0.198. The minimum atomic E-state index is -4.36. The lowest BCUT2D eigenvalue weighted by molar-refractivity contribution is -0.137. The van der Waals surface area contributed by atoms with E-state index in [0.717, 1.165) is 6.41 Å². The molecule has 1 fully saturated rings. The van der Waals surface area contributed by atoms with Crippen molar-refractivity contribution in [3.8, 4) is 0 Å². The number of carbonyl (C=O) groups is 1. The maximum Gasteiger partial charge on any atom is 0.418 e. The smallest absolute Gasteiger partial charge is 0.367 e. The van der Waals surface area contributed by atoms with E-state index in [0.29, 0.717) is 31.7 Å². The lowest BCUT2D eigenvalue weighted by atomic mass is 10.1. The third-order valence-corrected chi connectivity index (χ3v) is 3.26. The number of hydrogen-bond donors (Lipinski definition) is 0. The second kappa shape index (κ2) is 5.11. The molecule has 0 atom stereocenters. The van der Waals surface area contributed by atoms with Crippen LogP contribution in [0.15, 0.2) is 18.2 Å². The molecule has 0 aliphatic carbocycles. The normalized spacial score (nSPS) is 16.6. The Morgan fingerprint density at radius 3 is 2.32 bits per heavy atom. The van der Waals surface area contributed by atoms with E-state index in [9.17, 15) is 18.0 Å². The van der Waals surface area contributed by atoms with Gasteiger partial charge in [-0.05, 0) is 19.1 Å². The largest absolute Gasteiger partial charge is 0.418 e. The Hall–Kier alpha value is -1.72. The molecule has 1 aliphatic rings. The first-order valence-corrected chi connectivity index (χ1v) is 6.04. The zero-order chi connectivity index (χ0) is 14.0. The highest BCUT2D eigenvalue weighted by atomic mass is 19.4. The topological polar surface area (TPSA) is 23.6 Å². The lowest BCUT2D eigenvalue weighted by Gasteiger charge is -2.35. The Balaban J connectivity index is 2.28. The van der Waals surface area contributed by atoms with Crippen LogP contribution in [0.5, 0.6) is 0 Å². The molecular weight excluding hydrogens is 257 g/mol. The molecule has 1 amide bonds. The van der Waals surface area contributed by atoms with E-state index >= 15 is 0 Å². The number of piperazine rings is 1. The van der Waals surface area contributed by atoms with Gasteiger partial charge in [0.1, 0.15) is 0 Å². The van der Waals surface area contributed by atoms with Gasteiger partial charge in [-0.1, -0.05) is 11.6 Å². The van der Waals surface area contributed by atoms with Crippen molar-refractivity contribution in [2.75, 3.05) is 31.1 Å². The lowest BCUT2D eigenvalue weighted by Crippen LogP contribution is -2.46. The molecule has 104 valence electrons. The maximum atomic E-state index is 13.0. The molecule has 0 N–H and O–H groups in total. The van der Waals surface area contributed by atoms with Gasteiger partial charge in [-0.2, -0.15) is 13.2 Å². The highest BCUT2D eigenvalue weighted by Gasteiger charge is 2.35. The van der Waals surface area contributed by atoms with Crippen molar-refractivity contribution < 1.29 is 18.0 Å². The third kappa shape index (κ3) is 3.00. The van der Waals surface area contributed by atoms with Crippen LogP contribution in [0.4, 0.5) is 18.9 Å². The molecule has 6 heteroatoms. The molecule has 1 saturated heterocycles. The SMILES string of the molecule is Cc1ccc(N2CCN(C=O)CC2)c(C(F)(F)F)c1. The second-order valence-electron chi connectivity index (χ2n) is 4.65. The number of nitrogens with zero attached hydrogens (tertiary/aromatic N) is 2. The molecular formula is C13H15F3N2O. The summed E-state index contributed by atoms with van der Waals surface area (Å²) in [5, 5.41) is 0. The molecule has 1 aliphatic heterocycles. The van der Waals surface area contributed by atoms with Gasteiger partial charge in [0.2, 0.25) is 6.41 Å². The summed E-state index contributed by atoms with van der Waals surface area (Å²) in [6.45, 7) is 3.39. The van der Waals surface area contributed by atoms with Crippen molar-refractivity contribution in [1.29, 1.82) is 0 Å². The van der Waals surface area contributed by atoms with Crippen LogP contribution in [-0.4, -0.2) is 37.5 Å². The van der Waals surface area contributed by atoms with Crippen LogP contribution in [0.3, 0.4) is 0 Å². The molecule has 1 aromatic rings. The third-order valence-electron chi connectivity index (χ3n) is 3.26. The van der Waals surface area contributed by atoms with Gasteiger partial charge in [0, 0.05) is 31.9 Å². The van der Waals surface area contributed by atoms with E-state index in [1.807, 2.05) is 0 Å². The Morgan fingerprint density at radius 2 is 1.79 bits per heavy atom. The van der Waals surface area contributed by atoms with Crippen molar-refractivity contribution in [1.82, 2.24) is 4.90 Å². The number of halogens is 3. The molecule has 0 spiro atoms.